The van der Waals surface area contributed by atoms with Crippen LogP contribution in [0.3, 0.4) is 0 Å². The largest absolute Gasteiger partial charge is 0.479 e. The third-order valence-electron chi connectivity index (χ3n) is 1.86. The lowest BCUT2D eigenvalue weighted by Crippen LogP contribution is -2.37. The highest BCUT2D eigenvalue weighted by atomic mass is 16.5. The van der Waals surface area contributed by atoms with Gasteiger partial charge in [-0.25, -0.2) is 4.79 Å². The number of hydrogen-bond acceptors (Lipinski definition) is 2. The summed E-state index contributed by atoms with van der Waals surface area (Å²) in [7, 11) is 0. The number of hydrogen-bond donors (Lipinski definition) is 1. The lowest BCUT2D eigenvalue weighted by Gasteiger charge is -2.22. The van der Waals surface area contributed by atoms with Crippen molar-refractivity contribution in [2.45, 2.75) is 32.8 Å². The molecule has 0 saturated heterocycles. The van der Waals surface area contributed by atoms with Crippen LogP contribution in [-0.2, 0) is 9.53 Å². The highest BCUT2D eigenvalue weighted by molar-refractivity contribution is 5.76. The van der Waals surface area contributed by atoms with Crippen molar-refractivity contribution in [3.05, 3.63) is 12.2 Å². The third-order valence-corrected chi connectivity index (χ3v) is 1.86. The highest BCUT2D eigenvalue weighted by Gasteiger charge is 2.31. The van der Waals surface area contributed by atoms with Crippen LogP contribution in [0.15, 0.2) is 12.2 Å². The molecule has 0 saturated carbocycles. The number of allylic oxidation sites excluding steroid dienone is 1. The van der Waals surface area contributed by atoms with Crippen molar-refractivity contribution in [1.82, 2.24) is 0 Å². The molecule has 1 atom stereocenters. The molecule has 0 aliphatic carbocycles. The first-order valence-corrected chi connectivity index (χ1v) is 4.05. The molecule has 0 bridgehead atoms. The SMILES string of the molecule is CC=CCOC(C)(CC)C(=O)O. The maximum absolute atomic E-state index is 10.7. The van der Waals surface area contributed by atoms with Crippen molar-refractivity contribution >= 4 is 5.97 Å². The van der Waals surface area contributed by atoms with Crippen LogP contribution >= 0.6 is 0 Å². The van der Waals surface area contributed by atoms with Crippen LogP contribution in [0.1, 0.15) is 27.2 Å². The first-order valence-electron chi connectivity index (χ1n) is 4.05. The summed E-state index contributed by atoms with van der Waals surface area (Å²) in [5.41, 5.74) is -1.04. The van der Waals surface area contributed by atoms with Crippen LogP contribution in [-0.4, -0.2) is 23.3 Å². The summed E-state index contributed by atoms with van der Waals surface area (Å²) in [5.74, 6) is -0.908. The second kappa shape index (κ2) is 4.93. The average Bonchev–Trinajstić information content (AvgIpc) is 2.04. The molecule has 0 aromatic carbocycles. The molecule has 12 heavy (non-hydrogen) atoms. The summed E-state index contributed by atoms with van der Waals surface area (Å²) < 4.78 is 5.19. The second-order valence-corrected chi connectivity index (χ2v) is 2.77. The summed E-state index contributed by atoms with van der Waals surface area (Å²) in [4.78, 5) is 10.7. The second-order valence-electron chi connectivity index (χ2n) is 2.77. The number of carboxylic acids is 1. The van der Waals surface area contributed by atoms with Gasteiger partial charge in [0.15, 0.2) is 5.60 Å². The molecule has 0 heterocycles. The maximum Gasteiger partial charge on any atom is 0.335 e. The van der Waals surface area contributed by atoms with E-state index in [1.165, 1.54) is 0 Å². The molecule has 0 rings (SSSR count). The van der Waals surface area contributed by atoms with Crippen LogP contribution in [0.25, 0.3) is 0 Å². The fraction of sp³-hybridized carbons (Fsp3) is 0.667. The quantitative estimate of drug-likeness (QED) is 0.643. The lowest BCUT2D eigenvalue weighted by molar-refractivity contribution is -0.162. The molecule has 3 nitrogen and oxygen atoms in total. The van der Waals surface area contributed by atoms with Crippen molar-refractivity contribution in [2.75, 3.05) is 6.61 Å². The summed E-state index contributed by atoms with van der Waals surface area (Å²) in [5, 5.41) is 8.78. The average molecular weight is 172 g/mol. The standard InChI is InChI=1S/C9H16O3/c1-4-6-7-12-9(3,5-2)8(10)11/h4,6H,5,7H2,1-3H3,(H,10,11). The van der Waals surface area contributed by atoms with Gasteiger partial charge in [0.05, 0.1) is 6.61 Å². The van der Waals surface area contributed by atoms with Crippen molar-refractivity contribution in [3.63, 3.8) is 0 Å². The molecule has 1 N–H and O–H groups in total. The molecule has 0 fully saturated rings. The molecule has 0 amide bonds. The van der Waals surface area contributed by atoms with Gasteiger partial charge in [0.2, 0.25) is 0 Å². The minimum absolute atomic E-state index is 0.354. The number of ether oxygens (including phenoxy) is 1. The Balaban J connectivity index is 4.05. The Labute approximate surface area is 73.0 Å². The predicted molar refractivity (Wildman–Crippen MR) is 47.1 cm³/mol. The number of rotatable bonds is 5. The maximum atomic E-state index is 10.7. The van der Waals surface area contributed by atoms with Crippen molar-refractivity contribution in [2.24, 2.45) is 0 Å². The van der Waals surface area contributed by atoms with E-state index in [0.29, 0.717) is 13.0 Å². The van der Waals surface area contributed by atoms with Gasteiger partial charge in [-0.1, -0.05) is 19.1 Å². The molecular weight excluding hydrogens is 156 g/mol. The first kappa shape index (κ1) is 11.2. The van der Waals surface area contributed by atoms with Gasteiger partial charge < -0.3 is 9.84 Å². The van der Waals surface area contributed by atoms with E-state index < -0.39 is 11.6 Å². The molecule has 0 spiro atoms. The van der Waals surface area contributed by atoms with Gasteiger partial charge in [-0.15, -0.1) is 0 Å². The Morgan fingerprint density at radius 3 is 2.58 bits per heavy atom. The zero-order chi connectivity index (χ0) is 9.61. The highest BCUT2D eigenvalue weighted by Crippen LogP contribution is 2.14. The normalized spacial score (nSPS) is 16.2. The van der Waals surface area contributed by atoms with E-state index in [1.54, 1.807) is 19.9 Å². The van der Waals surface area contributed by atoms with Crippen molar-refractivity contribution in [3.8, 4) is 0 Å². The number of carboxylic acid groups (broad SMARTS) is 1. The van der Waals surface area contributed by atoms with Crippen LogP contribution in [0.4, 0.5) is 0 Å². The van der Waals surface area contributed by atoms with Gasteiger partial charge >= 0.3 is 5.97 Å². The topological polar surface area (TPSA) is 46.5 Å². The van der Waals surface area contributed by atoms with E-state index >= 15 is 0 Å². The zero-order valence-electron chi connectivity index (χ0n) is 7.83. The molecule has 0 aliphatic rings. The number of carbonyl (C=O) groups is 1. The molecule has 0 aliphatic heterocycles. The fourth-order valence-corrected chi connectivity index (χ4v) is 0.643. The van der Waals surface area contributed by atoms with E-state index in [-0.39, 0.29) is 0 Å². The molecule has 0 radical (unpaired) electrons. The van der Waals surface area contributed by atoms with E-state index in [2.05, 4.69) is 0 Å². The van der Waals surface area contributed by atoms with Crippen LogP contribution in [0.5, 0.6) is 0 Å². The molecule has 0 aromatic rings. The van der Waals surface area contributed by atoms with E-state index in [4.69, 9.17) is 9.84 Å². The molecule has 1 unspecified atom stereocenters. The van der Waals surface area contributed by atoms with Crippen LogP contribution in [0, 0.1) is 0 Å². The van der Waals surface area contributed by atoms with Gasteiger partial charge in [-0.05, 0) is 20.3 Å². The first-order chi connectivity index (χ1) is 5.56. The Morgan fingerprint density at radius 1 is 1.67 bits per heavy atom. The third kappa shape index (κ3) is 3.05. The monoisotopic (exact) mass is 172 g/mol. The van der Waals surface area contributed by atoms with E-state index in [1.807, 2.05) is 13.0 Å². The minimum atomic E-state index is -1.04. The van der Waals surface area contributed by atoms with Gasteiger partial charge in [0.25, 0.3) is 0 Å². The Hall–Kier alpha value is -0.830. The molecular formula is C9H16O3. The van der Waals surface area contributed by atoms with Gasteiger partial charge in [0.1, 0.15) is 0 Å². The van der Waals surface area contributed by atoms with Crippen molar-refractivity contribution < 1.29 is 14.6 Å². The molecule has 70 valence electrons. The number of aliphatic carboxylic acids is 1. The van der Waals surface area contributed by atoms with Crippen molar-refractivity contribution in [1.29, 1.82) is 0 Å². The van der Waals surface area contributed by atoms with Gasteiger partial charge in [-0.2, -0.15) is 0 Å². The van der Waals surface area contributed by atoms with Gasteiger partial charge in [0, 0.05) is 0 Å². The summed E-state index contributed by atoms with van der Waals surface area (Å²) in [6.07, 6.45) is 4.09. The van der Waals surface area contributed by atoms with Crippen LogP contribution in [0.2, 0.25) is 0 Å². The lowest BCUT2D eigenvalue weighted by atomic mass is 10.0. The van der Waals surface area contributed by atoms with E-state index in [0.717, 1.165) is 0 Å². The fourth-order valence-electron chi connectivity index (χ4n) is 0.643. The minimum Gasteiger partial charge on any atom is -0.479 e. The summed E-state index contributed by atoms with van der Waals surface area (Å²) in [6, 6.07) is 0. The summed E-state index contributed by atoms with van der Waals surface area (Å²) in [6.45, 7) is 5.60. The Morgan fingerprint density at radius 2 is 2.25 bits per heavy atom. The Bertz CT molecular complexity index is 175. The van der Waals surface area contributed by atoms with E-state index in [9.17, 15) is 4.79 Å². The summed E-state index contributed by atoms with van der Waals surface area (Å²) >= 11 is 0. The Kier molecular flexibility index (Phi) is 4.59. The van der Waals surface area contributed by atoms with Crippen LogP contribution < -0.4 is 0 Å². The van der Waals surface area contributed by atoms with Gasteiger partial charge in [-0.3, -0.25) is 0 Å². The predicted octanol–water partition coefficient (Wildman–Crippen LogP) is 1.83. The molecule has 0 aromatic heterocycles. The molecule has 3 heteroatoms. The zero-order valence-corrected chi connectivity index (χ0v) is 7.83. The smallest absolute Gasteiger partial charge is 0.335 e.